The molecule has 0 aromatic carbocycles. The van der Waals surface area contributed by atoms with Crippen LogP contribution in [0.3, 0.4) is 0 Å². The van der Waals surface area contributed by atoms with E-state index in [-0.39, 0.29) is 25.4 Å². The van der Waals surface area contributed by atoms with E-state index in [2.05, 4.69) is 16.0 Å². The Hall–Kier alpha value is -2.14. The first-order valence-corrected chi connectivity index (χ1v) is 6.57. The maximum Gasteiger partial charge on any atom is 0.325 e. The zero-order valence-corrected chi connectivity index (χ0v) is 11.1. The van der Waals surface area contributed by atoms with Crippen LogP contribution in [0.1, 0.15) is 19.3 Å². The van der Waals surface area contributed by atoms with Crippen molar-refractivity contribution in [2.75, 3.05) is 26.2 Å². The van der Waals surface area contributed by atoms with Gasteiger partial charge in [-0.2, -0.15) is 5.26 Å². The number of piperidine rings is 1. The number of carbonyl (C=O) groups excluding carboxylic acids is 3. The number of imide groups is 1. The lowest BCUT2D eigenvalue weighted by Crippen LogP contribution is -2.54. The highest BCUT2D eigenvalue weighted by molar-refractivity contribution is 6.09. The molecule has 20 heavy (non-hydrogen) atoms. The normalized spacial score (nSPS) is 20.6. The summed E-state index contributed by atoms with van der Waals surface area (Å²) in [6.07, 6.45) is 1.26. The molecule has 2 aliphatic rings. The summed E-state index contributed by atoms with van der Waals surface area (Å²) in [6.45, 7) is 1.24. The summed E-state index contributed by atoms with van der Waals surface area (Å²) in [6, 6.07) is 1.38. The molecule has 0 aliphatic carbocycles. The van der Waals surface area contributed by atoms with Crippen molar-refractivity contribution in [1.29, 1.82) is 5.26 Å². The molecule has 1 spiro atoms. The summed E-state index contributed by atoms with van der Waals surface area (Å²) in [5, 5.41) is 16.7. The van der Waals surface area contributed by atoms with Crippen LogP contribution in [0, 0.1) is 11.3 Å². The minimum absolute atomic E-state index is 0.196. The Bertz CT molecular complexity index is 464. The van der Waals surface area contributed by atoms with Crippen LogP contribution in [0.15, 0.2) is 0 Å². The van der Waals surface area contributed by atoms with E-state index in [1.807, 2.05) is 6.07 Å². The Morgan fingerprint density at radius 2 is 2.10 bits per heavy atom. The van der Waals surface area contributed by atoms with Gasteiger partial charge in [-0.05, 0) is 25.9 Å². The number of nitriles is 1. The lowest BCUT2D eigenvalue weighted by Gasteiger charge is -2.30. The molecule has 0 aromatic heterocycles. The van der Waals surface area contributed by atoms with Gasteiger partial charge in [0, 0.05) is 6.54 Å². The molecule has 4 amide bonds. The van der Waals surface area contributed by atoms with Gasteiger partial charge in [-0.3, -0.25) is 14.5 Å². The maximum atomic E-state index is 12.3. The van der Waals surface area contributed by atoms with Crippen molar-refractivity contribution in [2.24, 2.45) is 0 Å². The van der Waals surface area contributed by atoms with Gasteiger partial charge in [0.05, 0.1) is 12.5 Å². The Balaban J connectivity index is 1.95. The minimum Gasteiger partial charge on any atom is -0.354 e. The third-order valence-electron chi connectivity index (χ3n) is 3.56. The Morgan fingerprint density at radius 3 is 2.75 bits per heavy atom. The van der Waals surface area contributed by atoms with Crippen LogP contribution < -0.4 is 16.0 Å². The van der Waals surface area contributed by atoms with Crippen LogP contribution in [0.5, 0.6) is 0 Å². The van der Waals surface area contributed by atoms with Gasteiger partial charge < -0.3 is 16.0 Å². The highest BCUT2D eigenvalue weighted by Crippen LogP contribution is 2.26. The number of nitrogens with one attached hydrogen (secondary N) is 3. The van der Waals surface area contributed by atoms with Crippen LogP contribution in [-0.2, 0) is 9.59 Å². The molecule has 0 unspecified atom stereocenters. The predicted molar refractivity (Wildman–Crippen MR) is 68.3 cm³/mol. The number of hydrogen-bond donors (Lipinski definition) is 3. The summed E-state index contributed by atoms with van der Waals surface area (Å²) in [5.74, 6) is -0.769. The van der Waals surface area contributed by atoms with Crippen molar-refractivity contribution in [3.05, 3.63) is 0 Å². The Kier molecular flexibility index (Phi) is 4.20. The van der Waals surface area contributed by atoms with Crippen LogP contribution in [0.25, 0.3) is 0 Å². The average Bonchev–Trinajstić information content (AvgIpc) is 2.65. The largest absolute Gasteiger partial charge is 0.354 e. The first-order chi connectivity index (χ1) is 9.59. The Labute approximate surface area is 116 Å². The standard InChI is InChI=1S/C12H17N5O3/c13-4-1-5-15-9(18)8-17-10(19)12(16-11(17)20)2-6-14-7-3-12/h14H,1-3,5-8H2,(H,15,18)(H,16,20). The molecular weight excluding hydrogens is 262 g/mol. The van der Waals surface area contributed by atoms with E-state index < -0.39 is 17.5 Å². The predicted octanol–water partition coefficient (Wildman–Crippen LogP) is -1.31. The fraction of sp³-hybridized carbons (Fsp3) is 0.667. The second kappa shape index (κ2) is 5.88. The molecule has 0 bridgehead atoms. The van der Waals surface area contributed by atoms with Crippen molar-refractivity contribution in [2.45, 2.75) is 24.8 Å². The molecular formula is C12H17N5O3. The number of rotatable bonds is 4. The summed E-state index contributed by atoms with van der Waals surface area (Å²) in [4.78, 5) is 36.8. The summed E-state index contributed by atoms with van der Waals surface area (Å²) >= 11 is 0. The van der Waals surface area contributed by atoms with E-state index in [4.69, 9.17) is 5.26 Å². The van der Waals surface area contributed by atoms with E-state index in [1.54, 1.807) is 0 Å². The van der Waals surface area contributed by atoms with Crippen LogP contribution in [0.2, 0.25) is 0 Å². The van der Waals surface area contributed by atoms with Crippen LogP contribution in [-0.4, -0.2) is 54.5 Å². The second-order valence-corrected chi connectivity index (χ2v) is 4.91. The number of hydrogen-bond acceptors (Lipinski definition) is 5. The molecule has 2 fully saturated rings. The van der Waals surface area contributed by atoms with Crippen molar-refractivity contribution in [3.63, 3.8) is 0 Å². The van der Waals surface area contributed by atoms with Crippen molar-refractivity contribution in [3.8, 4) is 6.07 Å². The number of carbonyl (C=O) groups is 3. The van der Waals surface area contributed by atoms with Gasteiger partial charge in [0.15, 0.2) is 0 Å². The van der Waals surface area contributed by atoms with E-state index in [1.165, 1.54) is 0 Å². The molecule has 2 saturated heterocycles. The quantitative estimate of drug-likeness (QED) is 0.436. The third-order valence-corrected chi connectivity index (χ3v) is 3.56. The molecule has 3 N–H and O–H groups in total. The number of amides is 4. The highest BCUT2D eigenvalue weighted by Gasteiger charge is 2.51. The first kappa shape index (κ1) is 14.3. The second-order valence-electron chi connectivity index (χ2n) is 4.91. The topological polar surface area (TPSA) is 114 Å². The Morgan fingerprint density at radius 1 is 1.40 bits per heavy atom. The maximum absolute atomic E-state index is 12.3. The average molecular weight is 279 g/mol. The SMILES string of the molecule is N#CCCNC(=O)CN1C(=O)NC2(CCNCC2)C1=O. The summed E-state index contributed by atoms with van der Waals surface area (Å²) in [5.41, 5.74) is -0.852. The zero-order valence-electron chi connectivity index (χ0n) is 11.1. The van der Waals surface area contributed by atoms with Crippen LogP contribution >= 0.6 is 0 Å². The molecule has 108 valence electrons. The van der Waals surface area contributed by atoms with E-state index >= 15 is 0 Å². The van der Waals surface area contributed by atoms with E-state index in [0.717, 1.165) is 4.90 Å². The monoisotopic (exact) mass is 279 g/mol. The molecule has 2 aliphatic heterocycles. The lowest BCUT2D eigenvalue weighted by molar-refractivity contribution is -0.135. The molecule has 0 saturated carbocycles. The van der Waals surface area contributed by atoms with Crippen molar-refractivity contribution < 1.29 is 14.4 Å². The summed E-state index contributed by atoms with van der Waals surface area (Å²) < 4.78 is 0. The molecule has 2 rings (SSSR count). The third kappa shape index (κ3) is 2.72. The first-order valence-electron chi connectivity index (χ1n) is 6.57. The number of urea groups is 1. The van der Waals surface area contributed by atoms with Crippen molar-refractivity contribution in [1.82, 2.24) is 20.9 Å². The minimum atomic E-state index is -0.852. The van der Waals surface area contributed by atoms with Crippen molar-refractivity contribution >= 4 is 17.8 Å². The molecule has 8 nitrogen and oxygen atoms in total. The van der Waals surface area contributed by atoms with Gasteiger partial charge in [-0.1, -0.05) is 0 Å². The van der Waals surface area contributed by atoms with E-state index in [9.17, 15) is 14.4 Å². The highest BCUT2D eigenvalue weighted by atomic mass is 16.2. The smallest absolute Gasteiger partial charge is 0.325 e. The molecule has 0 radical (unpaired) electrons. The number of nitrogens with zero attached hydrogens (tertiary/aromatic N) is 2. The molecule has 0 atom stereocenters. The zero-order chi connectivity index (χ0) is 14.6. The lowest BCUT2D eigenvalue weighted by atomic mass is 9.88. The van der Waals surface area contributed by atoms with Gasteiger partial charge >= 0.3 is 6.03 Å². The van der Waals surface area contributed by atoms with Gasteiger partial charge in [0.2, 0.25) is 5.91 Å². The molecule has 0 aromatic rings. The van der Waals surface area contributed by atoms with Gasteiger partial charge in [0.1, 0.15) is 12.1 Å². The van der Waals surface area contributed by atoms with Gasteiger partial charge in [-0.15, -0.1) is 0 Å². The fourth-order valence-electron chi connectivity index (χ4n) is 2.47. The van der Waals surface area contributed by atoms with Crippen LogP contribution in [0.4, 0.5) is 4.79 Å². The van der Waals surface area contributed by atoms with Gasteiger partial charge in [-0.25, -0.2) is 4.79 Å². The van der Waals surface area contributed by atoms with Gasteiger partial charge in [0.25, 0.3) is 5.91 Å². The molecule has 2 heterocycles. The summed E-state index contributed by atoms with van der Waals surface area (Å²) in [7, 11) is 0. The van der Waals surface area contributed by atoms with E-state index in [0.29, 0.717) is 25.9 Å². The molecule has 8 heteroatoms. The fourth-order valence-corrected chi connectivity index (χ4v) is 2.47.